The summed E-state index contributed by atoms with van der Waals surface area (Å²) in [4.78, 5) is 12.5. The Morgan fingerprint density at radius 3 is 2.76 bits per heavy atom. The molecule has 4 nitrogen and oxygen atoms in total. The standard InChI is InChI=1S/C16H9ClO4/c17-11-3-1-2-10-7-14(21-16(10)11)15(18)9-4-5-12-13(6-9)20-8-19-12/h1-7H,8H2. The summed E-state index contributed by atoms with van der Waals surface area (Å²) < 4.78 is 16.1. The van der Waals surface area contributed by atoms with Gasteiger partial charge in [-0.25, -0.2) is 0 Å². The van der Waals surface area contributed by atoms with Gasteiger partial charge in [0.2, 0.25) is 12.6 Å². The van der Waals surface area contributed by atoms with E-state index < -0.39 is 0 Å². The number of hydrogen-bond donors (Lipinski definition) is 0. The van der Waals surface area contributed by atoms with Crippen molar-refractivity contribution in [3.63, 3.8) is 0 Å². The van der Waals surface area contributed by atoms with Crippen molar-refractivity contribution in [2.75, 3.05) is 6.79 Å². The summed E-state index contributed by atoms with van der Waals surface area (Å²) in [6.45, 7) is 0.174. The zero-order chi connectivity index (χ0) is 14.4. The van der Waals surface area contributed by atoms with Crippen molar-refractivity contribution < 1.29 is 18.7 Å². The minimum atomic E-state index is -0.222. The minimum Gasteiger partial charge on any atom is -0.454 e. The molecule has 4 rings (SSSR count). The number of carbonyl (C=O) groups is 1. The second kappa shape index (κ2) is 4.53. The topological polar surface area (TPSA) is 48.7 Å². The number of rotatable bonds is 2. The fourth-order valence-corrected chi connectivity index (χ4v) is 2.54. The van der Waals surface area contributed by atoms with Crippen molar-refractivity contribution in [3.05, 3.63) is 58.8 Å². The molecule has 0 saturated heterocycles. The molecule has 2 heterocycles. The highest BCUT2D eigenvalue weighted by molar-refractivity contribution is 6.35. The summed E-state index contributed by atoms with van der Waals surface area (Å²) in [6, 6.07) is 12.1. The molecular formula is C16H9ClO4. The van der Waals surface area contributed by atoms with Crippen molar-refractivity contribution in [1.29, 1.82) is 0 Å². The maximum Gasteiger partial charge on any atom is 0.231 e. The third-order valence-corrected chi connectivity index (χ3v) is 3.65. The van der Waals surface area contributed by atoms with Gasteiger partial charge in [-0.3, -0.25) is 4.79 Å². The van der Waals surface area contributed by atoms with E-state index in [9.17, 15) is 4.79 Å². The lowest BCUT2D eigenvalue weighted by atomic mass is 10.1. The fourth-order valence-electron chi connectivity index (χ4n) is 2.32. The van der Waals surface area contributed by atoms with Gasteiger partial charge in [-0.1, -0.05) is 23.7 Å². The molecule has 1 aromatic heterocycles. The predicted molar refractivity (Wildman–Crippen MR) is 77.2 cm³/mol. The van der Waals surface area contributed by atoms with Gasteiger partial charge in [0.15, 0.2) is 22.8 Å². The number of ketones is 1. The van der Waals surface area contributed by atoms with Crippen LogP contribution in [0.3, 0.4) is 0 Å². The Morgan fingerprint density at radius 2 is 1.90 bits per heavy atom. The van der Waals surface area contributed by atoms with Crippen LogP contribution < -0.4 is 9.47 Å². The summed E-state index contributed by atoms with van der Waals surface area (Å²) in [5.41, 5.74) is 0.998. The highest BCUT2D eigenvalue weighted by Crippen LogP contribution is 2.34. The molecule has 0 bridgehead atoms. The van der Waals surface area contributed by atoms with E-state index in [1.54, 1.807) is 30.3 Å². The maximum atomic E-state index is 12.5. The molecule has 0 amide bonds. The molecule has 3 aromatic rings. The number of ether oxygens (including phenoxy) is 2. The molecule has 5 heteroatoms. The van der Waals surface area contributed by atoms with Crippen molar-refractivity contribution in [1.82, 2.24) is 0 Å². The van der Waals surface area contributed by atoms with Crippen molar-refractivity contribution in [2.45, 2.75) is 0 Å². The number of hydrogen-bond acceptors (Lipinski definition) is 4. The van der Waals surface area contributed by atoms with Crippen molar-refractivity contribution in [2.24, 2.45) is 0 Å². The quantitative estimate of drug-likeness (QED) is 0.670. The van der Waals surface area contributed by atoms with Crippen LogP contribution in [-0.2, 0) is 0 Å². The Hall–Kier alpha value is -2.46. The third-order valence-electron chi connectivity index (χ3n) is 3.35. The van der Waals surface area contributed by atoms with Crippen LogP contribution >= 0.6 is 11.6 Å². The number of carbonyl (C=O) groups excluding carboxylic acids is 1. The molecule has 1 aliphatic rings. The highest BCUT2D eigenvalue weighted by atomic mass is 35.5. The minimum absolute atomic E-state index is 0.174. The van der Waals surface area contributed by atoms with Gasteiger partial charge in [0.1, 0.15) is 0 Å². The molecule has 0 spiro atoms. The Bertz CT molecular complexity index is 866. The Balaban J connectivity index is 1.77. The molecule has 0 saturated carbocycles. The molecule has 0 aliphatic carbocycles. The van der Waals surface area contributed by atoms with Gasteiger partial charge in [0.25, 0.3) is 0 Å². The molecule has 0 unspecified atom stereocenters. The maximum absolute atomic E-state index is 12.5. The van der Waals surface area contributed by atoms with Crippen LogP contribution in [-0.4, -0.2) is 12.6 Å². The molecule has 2 aromatic carbocycles. The molecular weight excluding hydrogens is 292 g/mol. The lowest BCUT2D eigenvalue weighted by Gasteiger charge is -2.00. The van der Waals surface area contributed by atoms with E-state index in [1.807, 2.05) is 12.1 Å². The number of para-hydroxylation sites is 1. The van der Waals surface area contributed by atoms with Crippen LogP contribution in [0.1, 0.15) is 16.1 Å². The van der Waals surface area contributed by atoms with Crippen LogP contribution in [0.5, 0.6) is 11.5 Å². The summed E-state index contributed by atoms with van der Waals surface area (Å²) >= 11 is 6.06. The number of benzene rings is 2. The van der Waals surface area contributed by atoms with Crippen LogP contribution in [0.15, 0.2) is 46.9 Å². The van der Waals surface area contributed by atoms with E-state index in [0.29, 0.717) is 27.7 Å². The molecule has 1 aliphatic heterocycles. The van der Waals surface area contributed by atoms with Gasteiger partial charge in [-0.2, -0.15) is 0 Å². The molecule has 0 atom stereocenters. The second-order valence-corrected chi connectivity index (χ2v) is 5.07. The van der Waals surface area contributed by atoms with Gasteiger partial charge in [0.05, 0.1) is 5.02 Å². The van der Waals surface area contributed by atoms with E-state index >= 15 is 0 Å². The molecule has 104 valence electrons. The molecule has 0 fully saturated rings. The molecule has 21 heavy (non-hydrogen) atoms. The zero-order valence-corrected chi connectivity index (χ0v) is 11.5. The van der Waals surface area contributed by atoms with Crippen LogP contribution in [0.2, 0.25) is 5.02 Å². The van der Waals surface area contributed by atoms with E-state index in [1.165, 1.54) is 0 Å². The smallest absolute Gasteiger partial charge is 0.231 e. The van der Waals surface area contributed by atoms with E-state index in [0.717, 1.165) is 5.39 Å². The third kappa shape index (κ3) is 1.96. The monoisotopic (exact) mass is 300 g/mol. The fraction of sp³-hybridized carbons (Fsp3) is 0.0625. The van der Waals surface area contributed by atoms with Gasteiger partial charge < -0.3 is 13.9 Å². The predicted octanol–water partition coefficient (Wildman–Crippen LogP) is 4.05. The Kier molecular flexibility index (Phi) is 2.65. The largest absolute Gasteiger partial charge is 0.454 e. The summed E-state index contributed by atoms with van der Waals surface area (Å²) in [7, 11) is 0. The number of furan rings is 1. The second-order valence-electron chi connectivity index (χ2n) is 4.67. The normalized spacial score (nSPS) is 12.8. The first-order chi connectivity index (χ1) is 10.2. The first-order valence-corrected chi connectivity index (χ1v) is 6.72. The average Bonchev–Trinajstić information content (AvgIpc) is 3.12. The van der Waals surface area contributed by atoms with E-state index in [2.05, 4.69) is 0 Å². The first-order valence-electron chi connectivity index (χ1n) is 6.35. The number of fused-ring (bicyclic) bond motifs is 2. The van der Waals surface area contributed by atoms with Crippen molar-refractivity contribution in [3.8, 4) is 11.5 Å². The van der Waals surface area contributed by atoms with Gasteiger partial charge in [-0.05, 0) is 30.3 Å². The van der Waals surface area contributed by atoms with Crippen LogP contribution in [0.25, 0.3) is 11.0 Å². The highest BCUT2D eigenvalue weighted by Gasteiger charge is 2.20. The van der Waals surface area contributed by atoms with Crippen LogP contribution in [0.4, 0.5) is 0 Å². The van der Waals surface area contributed by atoms with Gasteiger partial charge in [-0.15, -0.1) is 0 Å². The zero-order valence-electron chi connectivity index (χ0n) is 10.8. The number of halogens is 1. The molecule has 0 radical (unpaired) electrons. The lowest BCUT2D eigenvalue weighted by Crippen LogP contribution is -1.99. The molecule has 0 N–H and O–H groups in total. The lowest BCUT2D eigenvalue weighted by molar-refractivity contribution is 0.101. The Morgan fingerprint density at radius 1 is 1.05 bits per heavy atom. The SMILES string of the molecule is O=C(c1ccc2c(c1)OCO2)c1cc2cccc(Cl)c2o1. The van der Waals surface area contributed by atoms with Crippen LogP contribution in [0, 0.1) is 0 Å². The first kappa shape index (κ1) is 12.3. The summed E-state index contributed by atoms with van der Waals surface area (Å²) in [5.74, 6) is 1.23. The van der Waals surface area contributed by atoms with E-state index in [-0.39, 0.29) is 18.3 Å². The summed E-state index contributed by atoms with van der Waals surface area (Å²) in [5, 5.41) is 1.28. The van der Waals surface area contributed by atoms with E-state index in [4.69, 9.17) is 25.5 Å². The van der Waals surface area contributed by atoms with Gasteiger partial charge >= 0.3 is 0 Å². The van der Waals surface area contributed by atoms with Gasteiger partial charge in [0, 0.05) is 10.9 Å². The summed E-state index contributed by atoms with van der Waals surface area (Å²) in [6.07, 6.45) is 0. The van der Waals surface area contributed by atoms with Crippen molar-refractivity contribution >= 4 is 28.4 Å². The average molecular weight is 301 g/mol. The Labute approximate surface area is 124 Å².